The fourth-order valence-corrected chi connectivity index (χ4v) is 3.89. The van der Waals surface area contributed by atoms with E-state index in [9.17, 15) is 4.79 Å². The monoisotopic (exact) mass is 337 g/mol. The molecule has 8 heteroatoms. The maximum absolute atomic E-state index is 12.4. The number of piperidine rings is 3. The molecule has 1 aromatic rings. The Morgan fingerprint density at radius 1 is 1.42 bits per heavy atom. The summed E-state index contributed by atoms with van der Waals surface area (Å²) in [6.45, 7) is 4.37. The summed E-state index contributed by atoms with van der Waals surface area (Å²) < 4.78 is 12.0. The van der Waals surface area contributed by atoms with Crippen LogP contribution in [0.15, 0.2) is 6.20 Å². The third-order valence-corrected chi connectivity index (χ3v) is 5.10. The number of rotatable bonds is 8. The summed E-state index contributed by atoms with van der Waals surface area (Å²) in [5, 5.41) is 11.3. The molecule has 0 aliphatic carbocycles. The molecule has 3 fully saturated rings. The summed E-state index contributed by atoms with van der Waals surface area (Å²) in [6.07, 6.45) is 4.09. The van der Waals surface area contributed by atoms with Gasteiger partial charge < -0.3 is 14.8 Å². The highest BCUT2D eigenvalue weighted by Crippen LogP contribution is 2.36. The van der Waals surface area contributed by atoms with Crippen molar-refractivity contribution in [3.05, 3.63) is 11.9 Å². The Morgan fingerprint density at radius 3 is 3.00 bits per heavy atom. The first-order chi connectivity index (χ1) is 11.7. The highest BCUT2D eigenvalue weighted by Gasteiger charge is 2.43. The van der Waals surface area contributed by atoms with E-state index in [1.165, 1.54) is 0 Å². The molecular formula is C16H27N5O3. The van der Waals surface area contributed by atoms with Gasteiger partial charge in [-0.05, 0) is 25.3 Å². The Balaban J connectivity index is 1.54. The molecule has 24 heavy (non-hydrogen) atoms. The number of nitrogens with one attached hydrogen (secondary N) is 1. The second-order valence-electron chi connectivity index (χ2n) is 6.69. The Kier molecular flexibility index (Phi) is 5.80. The second-order valence-corrected chi connectivity index (χ2v) is 6.69. The lowest BCUT2D eigenvalue weighted by molar-refractivity contribution is -0.133. The normalized spacial score (nSPS) is 28.9. The molecule has 1 N–H and O–H groups in total. The Labute approximate surface area is 142 Å². The van der Waals surface area contributed by atoms with Gasteiger partial charge in [-0.3, -0.25) is 14.4 Å². The molecule has 3 saturated heterocycles. The standard InChI is InChI=1S/C16H27N5O3/c1-23-6-4-17-16(22)15-10-20-5-3-12(15)7-14(20)9-21-8-13(11-24-2)18-19-21/h8,12,14-15H,3-7,9-11H2,1-2H3,(H,17,22)/t12?,14-,15+/m1/s1. The van der Waals surface area contributed by atoms with E-state index in [0.717, 1.165) is 38.2 Å². The van der Waals surface area contributed by atoms with Crippen molar-refractivity contribution < 1.29 is 14.3 Å². The van der Waals surface area contributed by atoms with Gasteiger partial charge in [0.25, 0.3) is 0 Å². The Hall–Kier alpha value is -1.51. The molecule has 4 heterocycles. The number of fused-ring (bicyclic) bond motifs is 3. The minimum Gasteiger partial charge on any atom is -0.383 e. The highest BCUT2D eigenvalue weighted by molar-refractivity contribution is 5.79. The number of methoxy groups -OCH3 is 2. The second kappa shape index (κ2) is 8.04. The van der Waals surface area contributed by atoms with E-state index >= 15 is 0 Å². The zero-order valence-corrected chi connectivity index (χ0v) is 14.5. The molecule has 0 aromatic carbocycles. The van der Waals surface area contributed by atoms with Gasteiger partial charge >= 0.3 is 0 Å². The number of aromatic nitrogens is 3. The van der Waals surface area contributed by atoms with Gasteiger partial charge in [-0.25, -0.2) is 0 Å². The zero-order chi connectivity index (χ0) is 16.9. The van der Waals surface area contributed by atoms with Gasteiger partial charge in [-0.15, -0.1) is 5.10 Å². The van der Waals surface area contributed by atoms with Crippen LogP contribution in [0.3, 0.4) is 0 Å². The minimum absolute atomic E-state index is 0.103. The average molecular weight is 337 g/mol. The summed E-state index contributed by atoms with van der Waals surface area (Å²) in [5.74, 6) is 0.736. The third-order valence-electron chi connectivity index (χ3n) is 5.10. The molecule has 134 valence electrons. The lowest BCUT2D eigenvalue weighted by Gasteiger charge is -2.49. The summed E-state index contributed by atoms with van der Waals surface area (Å²) in [5.41, 5.74) is 0.851. The van der Waals surface area contributed by atoms with Crippen LogP contribution in [0.4, 0.5) is 0 Å². The number of ether oxygens (including phenoxy) is 2. The molecule has 3 aliphatic rings. The van der Waals surface area contributed by atoms with Crippen molar-refractivity contribution in [1.29, 1.82) is 0 Å². The van der Waals surface area contributed by atoms with Gasteiger partial charge in [0.05, 0.1) is 31.9 Å². The number of nitrogens with zero attached hydrogens (tertiary/aromatic N) is 4. The van der Waals surface area contributed by atoms with Crippen molar-refractivity contribution in [3.8, 4) is 0 Å². The van der Waals surface area contributed by atoms with E-state index in [2.05, 4.69) is 20.5 Å². The number of hydrogen-bond acceptors (Lipinski definition) is 6. The largest absolute Gasteiger partial charge is 0.383 e. The van der Waals surface area contributed by atoms with Crippen LogP contribution in [0.5, 0.6) is 0 Å². The lowest BCUT2D eigenvalue weighted by Crippen LogP contribution is -2.58. The van der Waals surface area contributed by atoms with Gasteiger partial charge in [0.1, 0.15) is 5.69 Å². The van der Waals surface area contributed by atoms with Crippen molar-refractivity contribution in [2.45, 2.75) is 32.0 Å². The van der Waals surface area contributed by atoms with Crippen LogP contribution in [-0.4, -0.2) is 72.3 Å². The van der Waals surface area contributed by atoms with Crippen molar-refractivity contribution >= 4 is 5.91 Å². The van der Waals surface area contributed by atoms with E-state index in [-0.39, 0.29) is 11.8 Å². The van der Waals surface area contributed by atoms with E-state index in [1.807, 2.05) is 10.9 Å². The third kappa shape index (κ3) is 3.93. The maximum atomic E-state index is 12.4. The Morgan fingerprint density at radius 2 is 2.29 bits per heavy atom. The molecule has 1 amide bonds. The first kappa shape index (κ1) is 17.3. The molecule has 0 radical (unpaired) electrons. The highest BCUT2D eigenvalue weighted by atomic mass is 16.5. The Bertz CT molecular complexity index is 550. The lowest BCUT2D eigenvalue weighted by atomic mass is 9.75. The summed E-state index contributed by atoms with van der Waals surface area (Å²) >= 11 is 0. The van der Waals surface area contributed by atoms with Gasteiger partial charge in [-0.2, -0.15) is 0 Å². The first-order valence-electron chi connectivity index (χ1n) is 8.60. The van der Waals surface area contributed by atoms with E-state index in [1.54, 1.807) is 14.2 Å². The predicted molar refractivity (Wildman–Crippen MR) is 87.2 cm³/mol. The smallest absolute Gasteiger partial charge is 0.224 e. The maximum Gasteiger partial charge on any atom is 0.224 e. The van der Waals surface area contributed by atoms with Gasteiger partial charge in [0.2, 0.25) is 5.91 Å². The molecule has 1 aromatic heterocycles. The predicted octanol–water partition coefficient (Wildman–Crippen LogP) is -0.102. The van der Waals surface area contributed by atoms with Crippen molar-refractivity contribution in [2.24, 2.45) is 11.8 Å². The van der Waals surface area contributed by atoms with Crippen molar-refractivity contribution in [2.75, 3.05) is 40.5 Å². The van der Waals surface area contributed by atoms with E-state index in [4.69, 9.17) is 9.47 Å². The van der Waals surface area contributed by atoms with Crippen LogP contribution >= 0.6 is 0 Å². The molecule has 3 aliphatic heterocycles. The quantitative estimate of drug-likeness (QED) is 0.667. The van der Waals surface area contributed by atoms with E-state index < -0.39 is 0 Å². The molecule has 0 saturated carbocycles. The van der Waals surface area contributed by atoms with Crippen LogP contribution in [0.25, 0.3) is 0 Å². The number of carbonyl (C=O) groups is 1. The van der Waals surface area contributed by atoms with Crippen LogP contribution in [0.1, 0.15) is 18.5 Å². The molecule has 2 bridgehead atoms. The van der Waals surface area contributed by atoms with Crippen LogP contribution in [0, 0.1) is 11.8 Å². The van der Waals surface area contributed by atoms with E-state index in [0.29, 0.717) is 31.7 Å². The van der Waals surface area contributed by atoms with Crippen LogP contribution < -0.4 is 5.32 Å². The zero-order valence-electron chi connectivity index (χ0n) is 14.5. The van der Waals surface area contributed by atoms with Gasteiger partial charge in [0, 0.05) is 33.4 Å². The SMILES string of the molecule is COCCNC(=O)[C@H]1CN2CCC1C[C@@H]2Cn1cc(COC)nn1. The van der Waals surface area contributed by atoms with Crippen molar-refractivity contribution in [3.63, 3.8) is 0 Å². The minimum atomic E-state index is 0.103. The molecule has 4 rings (SSSR count). The molecule has 4 atom stereocenters. The molecule has 0 spiro atoms. The number of hydrogen-bond donors (Lipinski definition) is 1. The fraction of sp³-hybridized carbons (Fsp3) is 0.812. The van der Waals surface area contributed by atoms with Crippen molar-refractivity contribution in [1.82, 2.24) is 25.2 Å². The summed E-state index contributed by atoms with van der Waals surface area (Å²) in [7, 11) is 3.30. The van der Waals surface area contributed by atoms with Crippen LogP contribution in [0.2, 0.25) is 0 Å². The molecule has 2 unspecified atom stereocenters. The topological polar surface area (TPSA) is 81.5 Å². The van der Waals surface area contributed by atoms with Gasteiger partial charge in [0.15, 0.2) is 0 Å². The average Bonchev–Trinajstić information content (AvgIpc) is 3.03. The number of carbonyl (C=O) groups excluding carboxylic acids is 1. The first-order valence-corrected chi connectivity index (χ1v) is 8.60. The summed E-state index contributed by atoms with van der Waals surface area (Å²) in [6, 6.07) is 0.434. The van der Waals surface area contributed by atoms with Crippen LogP contribution in [-0.2, 0) is 27.4 Å². The number of amides is 1. The van der Waals surface area contributed by atoms with Gasteiger partial charge in [-0.1, -0.05) is 5.21 Å². The fourth-order valence-electron chi connectivity index (χ4n) is 3.89. The molecule has 8 nitrogen and oxygen atoms in total. The molecular weight excluding hydrogens is 310 g/mol. The summed E-state index contributed by atoms with van der Waals surface area (Å²) in [4.78, 5) is 14.8.